The minimum Gasteiger partial charge on any atom is -0.351 e. The van der Waals surface area contributed by atoms with Crippen molar-refractivity contribution in [1.29, 1.82) is 0 Å². The lowest BCUT2D eigenvalue weighted by molar-refractivity contribution is 0.0954. The maximum absolute atomic E-state index is 12.4. The van der Waals surface area contributed by atoms with E-state index in [0.29, 0.717) is 23.5 Å². The van der Waals surface area contributed by atoms with Gasteiger partial charge >= 0.3 is 0 Å². The van der Waals surface area contributed by atoms with Crippen molar-refractivity contribution in [2.75, 3.05) is 20.1 Å². The molecule has 1 aliphatic carbocycles. The van der Waals surface area contributed by atoms with Gasteiger partial charge in [0.2, 0.25) is 0 Å². The van der Waals surface area contributed by atoms with Gasteiger partial charge in [-0.2, -0.15) is 0 Å². The van der Waals surface area contributed by atoms with Crippen LogP contribution in [0.3, 0.4) is 0 Å². The summed E-state index contributed by atoms with van der Waals surface area (Å²) in [6.07, 6.45) is 3.45. The van der Waals surface area contributed by atoms with Gasteiger partial charge in [0.1, 0.15) is 0 Å². The molecule has 0 spiro atoms. The van der Waals surface area contributed by atoms with E-state index < -0.39 is 9.84 Å². The highest BCUT2D eigenvalue weighted by Crippen LogP contribution is 2.29. The Kier molecular flexibility index (Phi) is 7.32. The zero-order chi connectivity index (χ0) is 15.3. The van der Waals surface area contributed by atoms with Crippen molar-refractivity contribution in [3.05, 3.63) is 29.8 Å². The highest BCUT2D eigenvalue weighted by atomic mass is 35.5. The maximum atomic E-state index is 12.4. The summed E-state index contributed by atoms with van der Waals surface area (Å²) >= 11 is 0. The SMILES string of the molecule is CNCCNC(=O)c1ccc(S(=O)(=O)C2CCCC2)cc1.Cl. The van der Waals surface area contributed by atoms with Crippen molar-refractivity contribution < 1.29 is 13.2 Å². The van der Waals surface area contributed by atoms with Crippen LogP contribution in [0.1, 0.15) is 36.0 Å². The van der Waals surface area contributed by atoms with E-state index >= 15 is 0 Å². The number of likely N-dealkylation sites (N-methyl/N-ethyl adjacent to an activating group) is 1. The molecular weight excluding hydrogens is 324 g/mol. The van der Waals surface area contributed by atoms with Crippen LogP contribution < -0.4 is 10.6 Å². The lowest BCUT2D eigenvalue weighted by Crippen LogP contribution is -2.30. The lowest BCUT2D eigenvalue weighted by atomic mass is 10.2. The maximum Gasteiger partial charge on any atom is 0.251 e. The quantitative estimate of drug-likeness (QED) is 0.770. The van der Waals surface area contributed by atoms with E-state index in [9.17, 15) is 13.2 Å². The van der Waals surface area contributed by atoms with Gasteiger partial charge in [-0.1, -0.05) is 12.8 Å². The van der Waals surface area contributed by atoms with E-state index in [2.05, 4.69) is 10.6 Å². The van der Waals surface area contributed by atoms with Crippen LogP contribution in [0.15, 0.2) is 29.2 Å². The normalized spacial score (nSPS) is 15.3. The lowest BCUT2D eigenvalue weighted by Gasteiger charge is -2.11. The van der Waals surface area contributed by atoms with Gasteiger partial charge < -0.3 is 10.6 Å². The third-order valence-corrected chi connectivity index (χ3v) is 6.12. The van der Waals surface area contributed by atoms with Gasteiger partial charge in [0.05, 0.1) is 10.1 Å². The molecule has 1 aromatic rings. The Balaban J connectivity index is 0.00000242. The summed E-state index contributed by atoms with van der Waals surface area (Å²) in [6, 6.07) is 6.24. The van der Waals surface area contributed by atoms with Crippen molar-refractivity contribution in [3.8, 4) is 0 Å². The minimum absolute atomic E-state index is 0. The van der Waals surface area contributed by atoms with E-state index in [0.717, 1.165) is 25.7 Å². The van der Waals surface area contributed by atoms with Crippen LogP contribution in [0.4, 0.5) is 0 Å². The molecule has 1 aromatic carbocycles. The Morgan fingerprint density at radius 3 is 2.27 bits per heavy atom. The van der Waals surface area contributed by atoms with Crippen molar-refractivity contribution in [3.63, 3.8) is 0 Å². The van der Waals surface area contributed by atoms with Crippen LogP contribution in [-0.4, -0.2) is 39.7 Å². The van der Waals surface area contributed by atoms with Gasteiger partial charge in [0.15, 0.2) is 9.84 Å². The molecule has 7 heteroatoms. The summed E-state index contributed by atoms with van der Waals surface area (Å²) in [7, 11) is -1.43. The van der Waals surface area contributed by atoms with Gasteiger partial charge in [-0.05, 0) is 44.2 Å². The molecule has 2 rings (SSSR count). The van der Waals surface area contributed by atoms with Crippen molar-refractivity contribution in [2.45, 2.75) is 35.8 Å². The van der Waals surface area contributed by atoms with Gasteiger partial charge in [-0.15, -0.1) is 12.4 Å². The second kappa shape index (κ2) is 8.50. The number of hydrogen-bond donors (Lipinski definition) is 2. The van der Waals surface area contributed by atoms with Gasteiger partial charge in [-0.25, -0.2) is 8.42 Å². The predicted octanol–water partition coefficient (Wildman–Crippen LogP) is 1.77. The molecule has 0 atom stereocenters. The molecule has 2 N–H and O–H groups in total. The Morgan fingerprint density at radius 1 is 1.14 bits per heavy atom. The number of halogens is 1. The molecule has 1 amide bonds. The first-order chi connectivity index (χ1) is 10.1. The fourth-order valence-electron chi connectivity index (χ4n) is 2.59. The van der Waals surface area contributed by atoms with Gasteiger partial charge in [0.25, 0.3) is 5.91 Å². The molecule has 0 radical (unpaired) electrons. The fourth-order valence-corrected chi connectivity index (χ4v) is 4.44. The van der Waals surface area contributed by atoms with Crippen LogP contribution >= 0.6 is 12.4 Å². The molecule has 0 saturated heterocycles. The Morgan fingerprint density at radius 2 is 1.73 bits per heavy atom. The first kappa shape index (κ1) is 18.9. The van der Waals surface area contributed by atoms with Crippen LogP contribution in [0.2, 0.25) is 0 Å². The van der Waals surface area contributed by atoms with Crippen molar-refractivity contribution in [2.24, 2.45) is 0 Å². The van der Waals surface area contributed by atoms with Gasteiger partial charge in [-0.3, -0.25) is 4.79 Å². The number of rotatable bonds is 6. The smallest absolute Gasteiger partial charge is 0.251 e. The largest absolute Gasteiger partial charge is 0.351 e. The molecule has 1 saturated carbocycles. The Hall–Kier alpha value is -1.11. The van der Waals surface area contributed by atoms with E-state index in [4.69, 9.17) is 0 Å². The zero-order valence-electron chi connectivity index (χ0n) is 12.7. The highest BCUT2D eigenvalue weighted by Gasteiger charge is 2.30. The molecule has 0 aromatic heterocycles. The standard InChI is InChI=1S/C15H22N2O3S.ClH/c1-16-10-11-17-15(18)12-6-8-14(9-7-12)21(19,20)13-4-2-3-5-13;/h6-9,13,16H,2-5,10-11H2,1H3,(H,17,18);1H. The minimum atomic E-state index is -3.24. The average Bonchev–Trinajstić information content (AvgIpc) is 3.02. The number of amides is 1. The molecular formula is C15H23ClN2O3S. The topological polar surface area (TPSA) is 75.3 Å². The van der Waals surface area contributed by atoms with Crippen LogP contribution in [0.5, 0.6) is 0 Å². The number of sulfone groups is 1. The number of hydrogen-bond acceptors (Lipinski definition) is 4. The van der Waals surface area contributed by atoms with Crippen LogP contribution in [-0.2, 0) is 9.84 Å². The first-order valence-electron chi connectivity index (χ1n) is 7.32. The molecule has 5 nitrogen and oxygen atoms in total. The number of benzene rings is 1. The summed E-state index contributed by atoms with van der Waals surface area (Å²) in [4.78, 5) is 12.2. The van der Waals surface area contributed by atoms with E-state index in [1.165, 1.54) is 0 Å². The third kappa shape index (κ3) is 4.44. The zero-order valence-corrected chi connectivity index (χ0v) is 14.3. The molecule has 0 aliphatic heterocycles. The average molecular weight is 347 g/mol. The first-order valence-corrected chi connectivity index (χ1v) is 8.87. The summed E-state index contributed by atoms with van der Waals surface area (Å²) in [5.74, 6) is -0.185. The fraction of sp³-hybridized carbons (Fsp3) is 0.533. The molecule has 1 fully saturated rings. The second-order valence-corrected chi connectivity index (χ2v) is 7.56. The summed E-state index contributed by atoms with van der Waals surface area (Å²) in [6.45, 7) is 1.23. The Bertz CT molecular complexity index is 581. The van der Waals surface area contributed by atoms with Crippen LogP contribution in [0.25, 0.3) is 0 Å². The molecule has 0 heterocycles. The van der Waals surface area contributed by atoms with Crippen molar-refractivity contribution in [1.82, 2.24) is 10.6 Å². The monoisotopic (exact) mass is 346 g/mol. The Labute approximate surface area is 138 Å². The number of carbonyl (C=O) groups excluding carboxylic acids is 1. The summed E-state index contributed by atoms with van der Waals surface area (Å²) < 4.78 is 24.8. The summed E-state index contributed by atoms with van der Waals surface area (Å²) in [5, 5.41) is 5.45. The molecule has 22 heavy (non-hydrogen) atoms. The van der Waals surface area contributed by atoms with E-state index in [1.54, 1.807) is 24.3 Å². The second-order valence-electron chi connectivity index (χ2n) is 5.34. The molecule has 1 aliphatic rings. The molecule has 0 bridgehead atoms. The third-order valence-electron chi connectivity index (χ3n) is 3.85. The van der Waals surface area contributed by atoms with E-state index in [1.807, 2.05) is 7.05 Å². The summed E-state index contributed by atoms with van der Waals surface area (Å²) in [5.41, 5.74) is 0.483. The molecule has 0 unspecified atom stereocenters. The predicted molar refractivity (Wildman–Crippen MR) is 89.4 cm³/mol. The van der Waals surface area contributed by atoms with Crippen LogP contribution in [0, 0.1) is 0 Å². The highest BCUT2D eigenvalue weighted by molar-refractivity contribution is 7.92. The van der Waals surface area contributed by atoms with Crippen molar-refractivity contribution >= 4 is 28.2 Å². The number of nitrogens with one attached hydrogen (secondary N) is 2. The molecule has 124 valence electrons. The van der Waals surface area contributed by atoms with E-state index in [-0.39, 0.29) is 23.6 Å². The number of carbonyl (C=O) groups is 1. The van der Waals surface area contributed by atoms with Gasteiger partial charge in [0, 0.05) is 18.7 Å².